The van der Waals surface area contributed by atoms with Crippen LogP contribution in [0.15, 0.2) is 0 Å². The van der Waals surface area contributed by atoms with E-state index < -0.39 is 12.7 Å². The van der Waals surface area contributed by atoms with Gasteiger partial charge in [-0.2, -0.15) is 13.2 Å². The van der Waals surface area contributed by atoms with Crippen molar-refractivity contribution >= 4 is 5.97 Å². The van der Waals surface area contributed by atoms with Crippen LogP contribution in [0.1, 0.15) is 45.4 Å². The van der Waals surface area contributed by atoms with Gasteiger partial charge in [0, 0.05) is 39.3 Å². The van der Waals surface area contributed by atoms with Crippen LogP contribution < -0.4 is 0 Å². The summed E-state index contributed by atoms with van der Waals surface area (Å²) in [5.74, 6) is -0.145. The fraction of sp³-hybridized carbons (Fsp3) is 0.950. The summed E-state index contributed by atoms with van der Waals surface area (Å²) in [5, 5.41) is 0. The molecule has 0 aromatic rings. The summed E-state index contributed by atoms with van der Waals surface area (Å²) in [6.07, 6.45) is 1.21. The van der Waals surface area contributed by atoms with Crippen LogP contribution >= 0.6 is 0 Å². The number of likely N-dealkylation sites (tertiary alicyclic amines) is 1. The van der Waals surface area contributed by atoms with Crippen LogP contribution in [0, 0.1) is 5.92 Å². The van der Waals surface area contributed by atoms with E-state index in [2.05, 4.69) is 9.80 Å². The maximum atomic E-state index is 12.7. The Bertz CT molecular complexity index is 513. The number of hydrogen-bond acceptors (Lipinski definition) is 6. The van der Waals surface area contributed by atoms with Crippen molar-refractivity contribution in [3.63, 3.8) is 0 Å². The van der Waals surface area contributed by atoms with Crippen LogP contribution in [0.2, 0.25) is 0 Å². The van der Waals surface area contributed by atoms with Crippen molar-refractivity contribution in [1.29, 1.82) is 0 Å². The molecular formula is C20H34F3N3O3. The number of hydrogen-bond donors (Lipinski definition) is 0. The molecule has 2 aliphatic heterocycles. The summed E-state index contributed by atoms with van der Waals surface area (Å²) in [7, 11) is 0. The zero-order valence-corrected chi connectivity index (χ0v) is 17.3. The van der Waals surface area contributed by atoms with Crippen molar-refractivity contribution in [2.45, 2.75) is 64.1 Å². The van der Waals surface area contributed by atoms with Gasteiger partial charge in [-0.05, 0) is 45.4 Å². The van der Waals surface area contributed by atoms with Crippen molar-refractivity contribution in [2.75, 3.05) is 52.4 Å². The molecule has 1 unspecified atom stereocenters. The Morgan fingerprint density at radius 2 is 1.55 bits per heavy atom. The predicted octanol–water partition coefficient (Wildman–Crippen LogP) is 2.68. The second-order valence-corrected chi connectivity index (χ2v) is 8.36. The molecule has 9 heteroatoms. The van der Waals surface area contributed by atoms with E-state index in [0.29, 0.717) is 32.8 Å². The molecule has 2 saturated heterocycles. The molecular weight excluding hydrogens is 387 g/mol. The first-order valence-electron chi connectivity index (χ1n) is 10.9. The van der Waals surface area contributed by atoms with E-state index >= 15 is 0 Å². The highest BCUT2D eigenvalue weighted by molar-refractivity contribution is 5.72. The summed E-state index contributed by atoms with van der Waals surface area (Å²) >= 11 is 0. The third kappa shape index (κ3) is 6.80. The molecule has 2 heterocycles. The van der Waals surface area contributed by atoms with Gasteiger partial charge >= 0.3 is 12.1 Å². The second-order valence-electron chi connectivity index (χ2n) is 8.36. The number of carbonyl (C=O) groups excluding carboxylic acids is 1. The van der Waals surface area contributed by atoms with Gasteiger partial charge < -0.3 is 9.47 Å². The highest BCUT2D eigenvalue weighted by atomic mass is 19.4. The molecule has 168 valence electrons. The average molecular weight is 422 g/mol. The molecule has 0 amide bonds. The SMILES string of the molecule is CCOC(=O)C1CCC(OC(N2CCCC2)N2CCN(CC(F)(F)F)CC2)CC1. The number of rotatable bonds is 7. The van der Waals surface area contributed by atoms with E-state index in [1.54, 1.807) is 0 Å². The first-order valence-corrected chi connectivity index (χ1v) is 10.9. The van der Waals surface area contributed by atoms with Crippen molar-refractivity contribution in [3.8, 4) is 0 Å². The third-order valence-corrected chi connectivity index (χ3v) is 6.18. The van der Waals surface area contributed by atoms with Crippen LogP contribution in [0.5, 0.6) is 0 Å². The zero-order valence-electron chi connectivity index (χ0n) is 17.3. The van der Waals surface area contributed by atoms with Gasteiger partial charge in [-0.3, -0.25) is 19.5 Å². The monoisotopic (exact) mass is 421 g/mol. The molecule has 6 nitrogen and oxygen atoms in total. The number of ether oxygens (including phenoxy) is 2. The van der Waals surface area contributed by atoms with E-state index in [1.165, 1.54) is 4.90 Å². The predicted molar refractivity (Wildman–Crippen MR) is 102 cm³/mol. The first kappa shape index (κ1) is 22.8. The average Bonchev–Trinajstić information content (AvgIpc) is 3.21. The van der Waals surface area contributed by atoms with E-state index in [-0.39, 0.29) is 24.3 Å². The normalized spacial score (nSPS) is 29.1. The van der Waals surface area contributed by atoms with Gasteiger partial charge in [0.25, 0.3) is 0 Å². The fourth-order valence-electron chi connectivity index (χ4n) is 4.63. The van der Waals surface area contributed by atoms with Crippen LogP contribution in [0.25, 0.3) is 0 Å². The molecule has 3 aliphatic rings. The summed E-state index contributed by atoms with van der Waals surface area (Å²) < 4.78 is 49.6. The van der Waals surface area contributed by atoms with Gasteiger partial charge in [0.15, 0.2) is 6.35 Å². The van der Waals surface area contributed by atoms with Crippen LogP contribution in [0.4, 0.5) is 13.2 Å². The molecule has 0 bridgehead atoms. The van der Waals surface area contributed by atoms with Gasteiger partial charge in [0.2, 0.25) is 0 Å². The van der Waals surface area contributed by atoms with Crippen molar-refractivity contribution in [2.24, 2.45) is 5.92 Å². The summed E-state index contributed by atoms with van der Waals surface area (Å²) in [5.41, 5.74) is 0. The lowest BCUT2D eigenvalue weighted by Crippen LogP contribution is -2.58. The molecule has 0 radical (unpaired) electrons. The summed E-state index contributed by atoms with van der Waals surface area (Å²) in [4.78, 5) is 17.9. The Balaban J connectivity index is 1.52. The molecule has 1 atom stereocenters. The van der Waals surface area contributed by atoms with Crippen LogP contribution in [-0.4, -0.2) is 91.7 Å². The maximum Gasteiger partial charge on any atom is 0.401 e. The topological polar surface area (TPSA) is 45.3 Å². The number of piperazine rings is 1. The van der Waals surface area contributed by atoms with Gasteiger partial charge in [0.05, 0.1) is 25.2 Å². The molecule has 0 N–H and O–H groups in total. The van der Waals surface area contributed by atoms with Crippen molar-refractivity contribution in [1.82, 2.24) is 14.7 Å². The number of nitrogens with zero attached hydrogens (tertiary/aromatic N) is 3. The molecule has 3 rings (SSSR count). The lowest BCUT2D eigenvalue weighted by atomic mass is 9.87. The minimum absolute atomic E-state index is 0.0362. The minimum Gasteiger partial charge on any atom is -0.466 e. The number of esters is 1. The number of carbonyl (C=O) groups is 1. The molecule has 1 saturated carbocycles. The first-order chi connectivity index (χ1) is 13.9. The standard InChI is InChI=1S/C20H34F3N3O3/c1-2-28-18(27)16-5-7-17(8-6-16)29-19(25-9-3-4-10-25)26-13-11-24(12-14-26)15-20(21,22)23/h16-17,19H,2-15H2,1H3. The Morgan fingerprint density at radius 3 is 2.10 bits per heavy atom. The maximum absolute atomic E-state index is 12.7. The molecule has 0 aromatic heterocycles. The third-order valence-electron chi connectivity index (χ3n) is 6.18. The quantitative estimate of drug-likeness (QED) is 0.589. The van der Waals surface area contributed by atoms with E-state index in [9.17, 15) is 18.0 Å². The second kappa shape index (κ2) is 10.4. The number of alkyl halides is 3. The lowest BCUT2D eigenvalue weighted by molar-refractivity contribution is -0.197. The van der Waals surface area contributed by atoms with Crippen molar-refractivity contribution in [3.05, 3.63) is 0 Å². The van der Waals surface area contributed by atoms with E-state index in [4.69, 9.17) is 9.47 Å². The molecule has 1 aliphatic carbocycles. The van der Waals surface area contributed by atoms with Gasteiger partial charge in [0.1, 0.15) is 0 Å². The Labute approximate surface area is 171 Å². The van der Waals surface area contributed by atoms with Gasteiger partial charge in [-0.15, -0.1) is 0 Å². The molecule has 0 aromatic carbocycles. The highest BCUT2D eigenvalue weighted by Gasteiger charge is 2.37. The smallest absolute Gasteiger partial charge is 0.401 e. The van der Waals surface area contributed by atoms with Gasteiger partial charge in [-0.25, -0.2) is 0 Å². The lowest BCUT2D eigenvalue weighted by Gasteiger charge is -2.44. The molecule has 3 fully saturated rings. The highest BCUT2D eigenvalue weighted by Crippen LogP contribution is 2.30. The summed E-state index contributed by atoms with van der Waals surface area (Å²) in [6, 6.07) is 0. The van der Waals surface area contributed by atoms with E-state index in [0.717, 1.165) is 51.6 Å². The fourth-order valence-corrected chi connectivity index (χ4v) is 4.63. The van der Waals surface area contributed by atoms with Gasteiger partial charge in [-0.1, -0.05) is 0 Å². The largest absolute Gasteiger partial charge is 0.466 e. The zero-order chi connectivity index (χ0) is 20.9. The Hall–Kier alpha value is -0.900. The van der Waals surface area contributed by atoms with Crippen LogP contribution in [0.3, 0.4) is 0 Å². The minimum atomic E-state index is -4.15. The molecule has 29 heavy (non-hydrogen) atoms. The number of halogens is 3. The van der Waals surface area contributed by atoms with E-state index in [1.807, 2.05) is 6.92 Å². The van der Waals surface area contributed by atoms with Crippen LogP contribution in [-0.2, 0) is 14.3 Å². The molecule has 0 spiro atoms. The van der Waals surface area contributed by atoms with Crippen molar-refractivity contribution < 1.29 is 27.4 Å². The summed E-state index contributed by atoms with van der Waals surface area (Å²) in [6.45, 7) is 5.29. The Kier molecular flexibility index (Phi) is 8.18. The Morgan fingerprint density at radius 1 is 0.966 bits per heavy atom.